The molecule has 0 amide bonds. The van der Waals surface area contributed by atoms with E-state index in [-0.39, 0.29) is 6.16 Å². The van der Waals surface area contributed by atoms with E-state index in [0.717, 1.165) is 16.7 Å². The van der Waals surface area contributed by atoms with Crippen molar-refractivity contribution in [1.82, 2.24) is 5.32 Å². The van der Waals surface area contributed by atoms with Gasteiger partial charge in [-0.25, -0.2) is 0 Å². The molecular weight excluding hydrogens is 341 g/mol. The van der Waals surface area contributed by atoms with Gasteiger partial charge in [-0.1, -0.05) is 91.0 Å². The number of hydrogen-bond donors (Lipinski definition) is 2. The number of benzene rings is 3. The van der Waals surface area contributed by atoms with Crippen molar-refractivity contribution < 1.29 is 9.46 Å². The molecular formula is C22H24NO2P. The molecule has 4 heteroatoms. The Kier molecular flexibility index (Phi) is 6.40. The van der Waals surface area contributed by atoms with Crippen LogP contribution in [0.5, 0.6) is 0 Å². The maximum atomic E-state index is 13.2. The molecule has 0 aliphatic carbocycles. The van der Waals surface area contributed by atoms with Gasteiger partial charge in [0.2, 0.25) is 7.37 Å². The van der Waals surface area contributed by atoms with Crippen LogP contribution in [0.1, 0.15) is 22.5 Å². The zero-order valence-corrected chi connectivity index (χ0v) is 15.6. The molecule has 2 unspecified atom stereocenters. The highest BCUT2D eigenvalue weighted by Gasteiger charge is 2.31. The third-order valence-electron chi connectivity index (χ3n) is 4.42. The summed E-state index contributed by atoms with van der Waals surface area (Å²) < 4.78 is 13.2. The van der Waals surface area contributed by atoms with Crippen LogP contribution in [0.25, 0.3) is 0 Å². The van der Waals surface area contributed by atoms with E-state index in [0.29, 0.717) is 13.0 Å². The molecule has 0 saturated carbocycles. The second-order valence-electron chi connectivity index (χ2n) is 6.39. The lowest BCUT2D eigenvalue weighted by Gasteiger charge is -2.25. The first kappa shape index (κ1) is 18.6. The number of aryl methyl sites for hydroxylation is 1. The topological polar surface area (TPSA) is 49.3 Å². The Morgan fingerprint density at radius 2 is 1.27 bits per heavy atom. The van der Waals surface area contributed by atoms with Gasteiger partial charge in [-0.3, -0.25) is 9.88 Å². The molecule has 0 spiro atoms. The molecule has 0 saturated heterocycles. The third-order valence-corrected chi connectivity index (χ3v) is 6.58. The summed E-state index contributed by atoms with van der Waals surface area (Å²) in [5, 5.41) is 3.32. The van der Waals surface area contributed by atoms with Crippen molar-refractivity contribution in [2.75, 3.05) is 6.16 Å². The molecule has 0 fully saturated rings. The maximum Gasteiger partial charge on any atom is 0.221 e. The molecule has 3 nitrogen and oxygen atoms in total. The summed E-state index contributed by atoms with van der Waals surface area (Å²) in [6.45, 7) is 0.552. The molecule has 3 rings (SSSR count). The highest BCUT2D eigenvalue weighted by Crippen LogP contribution is 2.54. The quantitative estimate of drug-likeness (QED) is 0.553. The second-order valence-corrected chi connectivity index (χ2v) is 8.87. The molecule has 0 bridgehead atoms. The van der Waals surface area contributed by atoms with Gasteiger partial charge in [0.15, 0.2) is 0 Å². The van der Waals surface area contributed by atoms with Gasteiger partial charge in [-0.2, -0.15) is 0 Å². The van der Waals surface area contributed by atoms with Gasteiger partial charge in [0.05, 0.1) is 0 Å². The van der Waals surface area contributed by atoms with Crippen molar-refractivity contribution in [3.05, 3.63) is 108 Å². The summed E-state index contributed by atoms with van der Waals surface area (Å²) >= 11 is 0. The fourth-order valence-electron chi connectivity index (χ4n) is 3.00. The van der Waals surface area contributed by atoms with E-state index in [1.54, 1.807) is 0 Å². The molecule has 3 aromatic carbocycles. The van der Waals surface area contributed by atoms with Crippen LogP contribution in [-0.4, -0.2) is 11.1 Å². The molecule has 2 atom stereocenters. The number of hydrogen-bond acceptors (Lipinski definition) is 2. The Bertz CT molecular complexity index is 838. The molecule has 0 aliphatic heterocycles. The van der Waals surface area contributed by atoms with Gasteiger partial charge >= 0.3 is 0 Å². The standard InChI is InChI=1S/C22H24NO2P/c24-26(25,17-16-19-10-4-1-5-11-19)22(21-14-8-3-9-15-21)23-18-20-12-6-2-7-13-20/h1-15,22-23H,16-18H2,(H,24,25). The zero-order valence-electron chi connectivity index (χ0n) is 14.7. The average Bonchev–Trinajstić information content (AvgIpc) is 2.69. The van der Waals surface area contributed by atoms with Gasteiger partial charge in [-0.15, -0.1) is 0 Å². The molecule has 26 heavy (non-hydrogen) atoms. The summed E-state index contributed by atoms with van der Waals surface area (Å²) in [7, 11) is -3.44. The molecule has 3 aromatic rings. The molecule has 0 aromatic heterocycles. The first-order chi connectivity index (χ1) is 12.6. The lowest BCUT2D eigenvalue weighted by Crippen LogP contribution is -2.22. The SMILES string of the molecule is O=P(O)(CCc1ccccc1)C(NCc1ccccc1)c1ccccc1. The van der Waals surface area contributed by atoms with Gasteiger partial charge in [0.25, 0.3) is 0 Å². The Morgan fingerprint density at radius 1 is 0.769 bits per heavy atom. The minimum atomic E-state index is -3.44. The van der Waals surface area contributed by atoms with Crippen LogP contribution in [-0.2, 0) is 17.5 Å². The second kappa shape index (κ2) is 8.95. The highest BCUT2D eigenvalue weighted by molar-refractivity contribution is 7.58. The summed E-state index contributed by atoms with van der Waals surface area (Å²) in [5.74, 6) is -0.576. The normalized spacial score (nSPS) is 14.5. The van der Waals surface area contributed by atoms with Gasteiger partial charge < -0.3 is 4.89 Å². The van der Waals surface area contributed by atoms with Crippen molar-refractivity contribution in [1.29, 1.82) is 0 Å². The van der Waals surface area contributed by atoms with E-state index in [1.165, 1.54) is 0 Å². The van der Waals surface area contributed by atoms with E-state index < -0.39 is 13.2 Å². The fourth-order valence-corrected chi connectivity index (χ4v) is 4.85. The smallest absolute Gasteiger partial charge is 0.221 e. The maximum absolute atomic E-state index is 13.2. The Hall–Kier alpha value is -2.19. The van der Waals surface area contributed by atoms with Crippen molar-refractivity contribution in [3.63, 3.8) is 0 Å². The van der Waals surface area contributed by atoms with E-state index in [9.17, 15) is 9.46 Å². The Morgan fingerprint density at radius 3 is 1.85 bits per heavy atom. The summed E-state index contributed by atoms with van der Waals surface area (Å²) in [5.41, 5.74) is 3.02. The van der Waals surface area contributed by atoms with Crippen LogP contribution in [0.2, 0.25) is 0 Å². The van der Waals surface area contributed by atoms with E-state index in [2.05, 4.69) is 5.32 Å². The lowest BCUT2D eigenvalue weighted by atomic mass is 10.2. The average molecular weight is 365 g/mol. The summed E-state index contributed by atoms with van der Waals surface area (Å²) in [6, 6.07) is 29.4. The minimum absolute atomic E-state index is 0.248. The van der Waals surface area contributed by atoms with Crippen LogP contribution in [0, 0.1) is 0 Å². The fraction of sp³-hybridized carbons (Fsp3) is 0.182. The Labute approximate surface area is 155 Å². The van der Waals surface area contributed by atoms with Crippen molar-refractivity contribution in [3.8, 4) is 0 Å². The van der Waals surface area contributed by atoms with Crippen molar-refractivity contribution in [2.24, 2.45) is 0 Å². The molecule has 2 N–H and O–H groups in total. The largest absolute Gasteiger partial charge is 0.343 e. The van der Waals surface area contributed by atoms with Crippen LogP contribution in [0.3, 0.4) is 0 Å². The first-order valence-electron chi connectivity index (χ1n) is 8.83. The van der Waals surface area contributed by atoms with Crippen LogP contribution in [0.4, 0.5) is 0 Å². The number of rotatable bonds is 8. The highest BCUT2D eigenvalue weighted by atomic mass is 31.2. The van der Waals surface area contributed by atoms with Crippen molar-refractivity contribution in [2.45, 2.75) is 18.7 Å². The monoisotopic (exact) mass is 365 g/mol. The van der Waals surface area contributed by atoms with E-state index in [4.69, 9.17) is 0 Å². The van der Waals surface area contributed by atoms with Crippen LogP contribution in [0.15, 0.2) is 91.0 Å². The predicted octanol–water partition coefficient (Wildman–Crippen LogP) is 4.99. The van der Waals surface area contributed by atoms with Crippen LogP contribution < -0.4 is 5.32 Å². The number of nitrogens with one attached hydrogen (secondary N) is 1. The van der Waals surface area contributed by atoms with Gasteiger partial charge in [0.1, 0.15) is 5.78 Å². The van der Waals surface area contributed by atoms with E-state index in [1.807, 2.05) is 91.0 Å². The van der Waals surface area contributed by atoms with Crippen molar-refractivity contribution >= 4 is 7.37 Å². The zero-order chi connectivity index (χ0) is 18.2. The van der Waals surface area contributed by atoms with E-state index >= 15 is 0 Å². The third kappa shape index (κ3) is 5.15. The van der Waals surface area contributed by atoms with Gasteiger partial charge in [-0.05, 0) is 23.1 Å². The molecule has 0 heterocycles. The minimum Gasteiger partial charge on any atom is -0.343 e. The molecule has 134 valence electrons. The van der Waals surface area contributed by atoms with Gasteiger partial charge in [0, 0.05) is 12.7 Å². The summed E-state index contributed by atoms with van der Waals surface area (Å²) in [4.78, 5) is 10.9. The molecule has 0 radical (unpaired) electrons. The lowest BCUT2D eigenvalue weighted by molar-refractivity contribution is 0.447. The Balaban J connectivity index is 1.76. The molecule has 0 aliphatic rings. The summed E-state index contributed by atoms with van der Waals surface area (Å²) in [6.07, 6.45) is 0.837. The van der Waals surface area contributed by atoms with Crippen LogP contribution >= 0.6 is 7.37 Å². The predicted molar refractivity (Wildman–Crippen MR) is 107 cm³/mol. The first-order valence-corrected chi connectivity index (χ1v) is 10.7.